The van der Waals surface area contributed by atoms with E-state index < -0.39 is 6.16 Å². The zero-order chi connectivity index (χ0) is 21.2. The number of carbonyl (C=O) groups excluding carboxylic acids is 2. The summed E-state index contributed by atoms with van der Waals surface area (Å²) in [6, 6.07) is 10.6. The highest BCUT2D eigenvalue weighted by Crippen LogP contribution is 2.36. The lowest BCUT2D eigenvalue weighted by Crippen LogP contribution is -2.14. The summed E-state index contributed by atoms with van der Waals surface area (Å²) in [5.74, 6) is 1.27. The van der Waals surface area contributed by atoms with Crippen LogP contribution in [0.1, 0.15) is 36.2 Å². The number of Topliss-reactive ketones (excluding diaryl/α,β-unsaturated/α-hetero) is 1. The minimum absolute atomic E-state index is 0.0472. The summed E-state index contributed by atoms with van der Waals surface area (Å²) in [7, 11) is 3.04. The van der Waals surface area contributed by atoms with E-state index in [2.05, 4.69) is 0 Å². The maximum atomic E-state index is 13.0. The van der Waals surface area contributed by atoms with Crippen LogP contribution < -0.4 is 18.9 Å². The lowest BCUT2D eigenvalue weighted by Gasteiger charge is -2.15. The number of aryl methyl sites for hydroxylation is 1. The van der Waals surface area contributed by atoms with Gasteiger partial charge in [-0.15, -0.1) is 0 Å². The molecule has 29 heavy (non-hydrogen) atoms. The van der Waals surface area contributed by atoms with Gasteiger partial charge in [0.1, 0.15) is 22.8 Å². The molecule has 156 valence electrons. The van der Waals surface area contributed by atoms with Crippen LogP contribution in [0, 0.1) is 0 Å². The van der Waals surface area contributed by atoms with Gasteiger partial charge in [-0.2, -0.15) is 0 Å². The van der Waals surface area contributed by atoms with Gasteiger partial charge in [-0.3, -0.25) is 4.79 Å². The predicted octanol–water partition coefficient (Wildman–Crippen LogP) is 4.45. The number of carbonyl (C=O) groups is 2. The normalized spacial score (nSPS) is 10.2. The number of methoxy groups -OCH3 is 2. The second-order valence-corrected chi connectivity index (χ2v) is 5.99. The average molecular weight is 402 g/mol. The van der Waals surface area contributed by atoms with Crippen LogP contribution >= 0.6 is 0 Å². The van der Waals surface area contributed by atoms with E-state index in [0.717, 1.165) is 11.3 Å². The summed E-state index contributed by atoms with van der Waals surface area (Å²) in [6.07, 6.45) is -0.180. The van der Waals surface area contributed by atoms with E-state index in [1.807, 2.05) is 31.2 Å². The third-order valence-corrected chi connectivity index (χ3v) is 4.10. The fraction of sp³-hybridized carbons (Fsp3) is 0.364. The number of ether oxygens (including phenoxy) is 5. The van der Waals surface area contributed by atoms with Gasteiger partial charge in [-0.05, 0) is 38.0 Å². The highest BCUT2D eigenvalue weighted by Gasteiger charge is 2.23. The third-order valence-electron chi connectivity index (χ3n) is 4.10. The van der Waals surface area contributed by atoms with Crippen molar-refractivity contribution in [2.75, 3.05) is 27.4 Å². The Bertz CT molecular complexity index is 828. The van der Waals surface area contributed by atoms with E-state index in [0.29, 0.717) is 18.8 Å². The SMILES string of the molecule is CCOC(=O)Oc1cc(OCC)cc(OC)c1C(=O)CCc1ccc(OC)cc1. The molecule has 0 aliphatic heterocycles. The number of ketones is 1. The Labute approximate surface area is 170 Å². The molecule has 0 unspecified atom stereocenters. The van der Waals surface area contributed by atoms with Crippen molar-refractivity contribution in [3.63, 3.8) is 0 Å². The van der Waals surface area contributed by atoms with Crippen LogP contribution in [0.5, 0.6) is 23.0 Å². The lowest BCUT2D eigenvalue weighted by molar-refractivity contribution is 0.0960. The van der Waals surface area contributed by atoms with Gasteiger partial charge in [0, 0.05) is 18.6 Å². The standard InChI is InChI=1S/C22H26O7/c1-5-27-17-13-19(26-4)21(20(14-17)29-22(24)28-6-2)18(23)12-9-15-7-10-16(25-3)11-8-15/h7-8,10-11,13-14H,5-6,9,12H2,1-4H3. The first-order chi connectivity index (χ1) is 14.0. The molecule has 0 aliphatic carbocycles. The van der Waals surface area contributed by atoms with Gasteiger partial charge in [0.25, 0.3) is 0 Å². The molecule has 0 radical (unpaired) electrons. The first-order valence-electron chi connectivity index (χ1n) is 9.37. The van der Waals surface area contributed by atoms with E-state index in [-0.39, 0.29) is 35.9 Å². The molecule has 7 heteroatoms. The summed E-state index contributed by atoms with van der Waals surface area (Å²) in [4.78, 5) is 24.8. The number of rotatable bonds is 10. The van der Waals surface area contributed by atoms with Crippen molar-refractivity contribution < 1.29 is 33.3 Å². The fourth-order valence-corrected chi connectivity index (χ4v) is 2.74. The topological polar surface area (TPSA) is 80.3 Å². The summed E-state index contributed by atoms with van der Waals surface area (Å²) in [5.41, 5.74) is 1.16. The van der Waals surface area contributed by atoms with Crippen molar-refractivity contribution in [3.8, 4) is 23.0 Å². The summed E-state index contributed by atoms with van der Waals surface area (Å²) < 4.78 is 26.1. The molecule has 0 heterocycles. The maximum absolute atomic E-state index is 13.0. The molecule has 0 saturated heterocycles. The van der Waals surface area contributed by atoms with Gasteiger partial charge in [-0.25, -0.2) is 4.79 Å². The van der Waals surface area contributed by atoms with Crippen LogP contribution in [0.2, 0.25) is 0 Å². The Morgan fingerprint density at radius 1 is 0.862 bits per heavy atom. The van der Waals surface area contributed by atoms with Gasteiger partial charge < -0.3 is 23.7 Å². The zero-order valence-electron chi connectivity index (χ0n) is 17.2. The fourth-order valence-electron chi connectivity index (χ4n) is 2.74. The third kappa shape index (κ3) is 6.14. The van der Waals surface area contributed by atoms with Crippen LogP contribution in [-0.4, -0.2) is 39.4 Å². The summed E-state index contributed by atoms with van der Waals surface area (Å²) in [6.45, 7) is 4.06. The molecule has 0 amide bonds. The quantitative estimate of drug-likeness (QED) is 0.330. The number of hydrogen-bond acceptors (Lipinski definition) is 7. The van der Waals surface area contributed by atoms with Crippen molar-refractivity contribution in [3.05, 3.63) is 47.5 Å². The van der Waals surface area contributed by atoms with E-state index in [1.54, 1.807) is 20.1 Å². The molecule has 0 bridgehead atoms. The maximum Gasteiger partial charge on any atom is 0.513 e. The van der Waals surface area contributed by atoms with Crippen LogP contribution in [0.3, 0.4) is 0 Å². The minimum atomic E-state index is -0.896. The molecule has 0 spiro atoms. The number of benzene rings is 2. The summed E-state index contributed by atoms with van der Waals surface area (Å²) in [5, 5.41) is 0. The molecule has 2 rings (SSSR count). The minimum Gasteiger partial charge on any atom is -0.497 e. The predicted molar refractivity (Wildman–Crippen MR) is 107 cm³/mol. The first-order valence-corrected chi connectivity index (χ1v) is 9.37. The molecule has 7 nitrogen and oxygen atoms in total. The van der Waals surface area contributed by atoms with Gasteiger partial charge >= 0.3 is 6.16 Å². The molecule has 2 aromatic rings. The molecule has 2 aromatic carbocycles. The highest BCUT2D eigenvalue weighted by atomic mass is 16.7. The Kier molecular flexibility index (Phi) is 8.33. The molecule has 0 aromatic heterocycles. The first kappa shape index (κ1) is 22.1. The van der Waals surface area contributed by atoms with Gasteiger partial charge in [-0.1, -0.05) is 12.1 Å². The monoisotopic (exact) mass is 402 g/mol. The Hall–Kier alpha value is -3.22. The molecule has 0 fully saturated rings. The van der Waals surface area contributed by atoms with Crippen molar-refractivity contribution in [2.45, 2.75) is 26.7 Å². The van der Waals surface area contributed by atoms with E-state index in [1.165, 1.54) is 13.2 Å². The zero-order valence-corrected chi connectivity index (χ0v) is 17.2. The van der Waals surface area contributed by atoms with Gasteiger partial charge in [0.05, 0.1) is 27.4 Å². The molecule has 0 aliphatic rings. The van der Waals surface area contributed by atoms with Crippen LogP contribution in [0.4, 0.5) is 4.79 Å². The van der Waals surface area contributed by atoms with E-state index >= 15 is 0 Å². The lowest BCUT2D eigenvalue weighted by atomic mass is 10.0. The van der Waals surface area contributed by atoms with Crippen LogP contribution in [0.25, 0.3) is 0 Å². The largest absolute Gasteiger partial charge is 0.513 e. The summed E-state index contributed by atoms with van der Waals surface area (Å²) >= 11 is 0. The molecular weight excluding hydrogens is 376 g/mol. The molecule has 0 saturated carbocycles. The molecule has 0 atom stereocenters. The van der Waals surface area contributed by atoms with Crippen LogP contribution in [-0.2, 0) is 11.2 Å². The van der Waals surface area contributed by atoms with Gasteiger partial charge in [0.15, 0.2) is 11.5 Å². The Morgan fingerprint density at radius 2 is 1.55 bits per heavy atom. The second-order valence-electron chi connectivity index (χ2n) is 5.99. The smallest absolute Gasteiger partial charge is 0.497 e. The highest BCUT2D eigenvalue weighted by molar-refractivity contribution is 6.02. The Morgan fingerprint density at radius 3 is 2.14 bits per heavy atom. The van der Waals surface area contributed by atoms with Crippen LogP contribution in [0.15, 0.2) is 36.4 Å². The average Bonchev–Trinajstić information content (AvgIpc) is 2.72. The molecule has 0 N–H and O–H groups in total. The van der Waals surface area contributed by atoms with Crippen molar-refractivity contribution in [2.24, 2.45) is 0 Å². The molecular formula is C22H26O7. The number of hydrogen-bond donors (Lipinski definition) is 0. The van der Waals surface area contributed by atoms with E-state index in [4.69, 9.17) is 23.7 Å². The van der Waals surface area contributed by atoms with Crippen molar-refractivity contribution >= 4 is 11.9 Å². The Balaban J connectivity index is 2.28. The van der Waals surface area contributed by atoms with E-state index in [9.17, 15) is 9.59 Å². The van der Waals surface area contributed by atoms with Crippen molar-refractivity contribution in [1.82, 2.24) is 0 Å². The van der Waals surface area contributed by atoms with Crippen molar-refractivity contribution in [1.29, 1.82) is 0 Å². The van der Waals surface area contributed by atoms with Gasteiger partial charge in [0.2, 0.25) is 0 Å². The second kappa shape index (κ2) is 10.9.